The van der Waals surface area contributed by atoms with Crippen molar-refractivity contribution in [2.75, 3.05) is 14.2 Å². The minimum atomic E-state index is -0.510. The molecule has 2 aromatic rings. The topological polar surface area (TPSA) is 47.6 Å². The van der Waals surface area contributed by atoms with E-state index in [1.54, 1.807) is 18.2 Å². The molecule has 22 heavy (non-hydrogen) atoms. The largest absolute Gasteiger partial charge is 0.496 e. The molecule has 0 radical (unpaired) electrons. The second-order valence-corrected chi connectivity index (χ2v) is 5.48. The van der Waals surface area contributed by atoms with E-state index in [0.29, 0.717) is 17.1 Å². The van der Waals surface area contributed by atoms with Gasteiger partial charge in [0.1, 0.15) is 17.1 Å². The van der Waals surface area contributed by atoms with Crippen molar-refractivity contribution in [2.24, 2.45) is 0 Å². The van der Waals surface area contributed by atoms with Gasteiger partial charge in [0.2, 0.25) is 0 Å². The highest BCUT2D eigenvalue weighted by Gasteiger charge is 2.26. The molecule has 2 aromatic carbocycles. The van der Waals surface area contributed by atoms with Crippen molar-refractivity contribution in [3.05, 3.63) is 59.7 Å². The summed E-state index contributed by atoms with van der Waals surface area (Å²) in [6.45, 7) is 3.92. The Hall–Kier alpha value is -2.49. The van der Waals surface area contributed by atoms with E-state index in [1.165, 1.54) is 14.2 Å². The van der Waals surface area contributed by atoms with Crippen molar-refractivity contribution < 1.29 is 14.3 Å². The maximum atomic E-state index is 12.7. The lowest BCUT2D eigenvalue weighted by molar-refractivity contribution is 0.0905. The van der Waals surface area contributed by atoms with Crippen LogP contribution in [0.15, 0.2) is 48.5 Å². The highest BCUT2D eigenvalue weighted by molar-refractivity contribution is 6.00. The van der Waals surface area contributed by atoms with Crippen LogP contribution in [0.4, 0.5) is 0 Å². The number of methoxy groups -OCH3 is 2. The molecule has 4 nitrogen and oxygen atoms in total. The van der Waals surface area contributed by atoms with Gasteiger partial charge in [0, 0.05) is 0 Å². The van der Waals surface area contributed by atoms with E-state index in [2.05, 4.69) is 5.32 Å². The Bertz CT molecular complexity index is 628. The first-order chi connectivity index (χ1) is 10.5. The molecule has 0 aliphatic rings. The second-order valence-electron chi connectivity index (χ2n) is 5.48. The quantitative estimate of drug-likeness (QED) is 0.921. The molecule has 116 valence electrons. The van der Waals surface area contributed by atoms with Crippen molar-refractivity contribution in [1.82, 2.24) is 5.32 Å². The van der Waals surface area contributed by atoms with Crippen LogP contribution in [0.25, 0.3) is 0 Å². The van der Waals surface area contributed by atoms with E-state index in [1.807, 2.05) is 44.2 Å². The number of benzene rings is 2. The maximum absolute atomic E-state index is 12.7. The molecule has 0 spiro atoms. The van der Waals surface area contributed by atoms with E-state index >= 15 is 0 Å². The number of carbonyl (C=O) groups excluding carboxylic acids is 1. The zero-order valence-electron chi connectivity index (χ0n) is 13.3. The molecule has 0 heterocycles. The highest BCUT2D eigenvalue weighted by atomic mass is 16.5. The van der Waals surface area contributed by atoms with Crippen LogP contribution in [0.5, 0.6) is 11.5 Å². The van der Waals surface area contributed by atoms with Crippen LogP contribution in [0, 0.1) is 0 Å². The van der Waals surface area contributed by atoms with Crippen LogP contribution >= 0.6 is 0 Å². The van der Waals surface area contributed by atoms with Gasteiger partial charge in [-0.25, -0.2) is 0 Å². The molecule has 0 aliphatic carbocycles. The van der Waals surface area contributed by atoms with Crippen LogP contribution in [0.1, 0.15) is 29.8 Å². The summed E-state index contributed by atoms with van der Waals surface area (Å²) in [4.78, 5) is 12.7. The molecular weight excluding hydrogens is 278 g/mol. The van der Waals surface area contributed by atoms with Gasteiger partial charge < -0.3 is 14.8 Å². The number of hydrogen-bond donors (Lipinski definition) is 1. The van der Waals surface area contributed by atoms with Gasteiger partial charge in [0.25, 0.3) is 5.91 Å². The molecular formula is C18H21NO3. The number of amides is 1. The third-order valence-electron chi connectivity index (χ3n) is 3.58. The number of hydrogen-bond acceptors (Lipinski definition) is 3. The minimum Gasteiger partial charge on any atom is -0.496 e. The van der Waals surface area contributed by atoms with Gasteiger partial charge in [-0.2, -0.15) is 0 Å². The van der Waals surface area contributed by atoms with Gasteiger partial charge >= 0.3 is 0 Å². The Morgan fingerprint density at radius 3 is 1.95 bits per heavy atom. The zero-order valence-corrected chi connectivity index (χ0v) is 13.3. The van der Waals surface area contributed by atoms with Crippen molar-refractivity contribution in [1.29, 1.82) is 0 Å². The molecule has 4 heteroatoms. The zero-order chi connectivity index (χ0) is 16.2. The van der Waals surface area contributed by atoms with Crippen molar-refractivity contribution in [2.45, 2.75) is 19.4 Å². The first kappa shape index (κ1) is 15.9. The number of carbonyl (C=O) groups is 1. The molecule has 0 unspecified atom stereocenters. The third-order valence-corrected chi connectivity index (χ3v) is 3.58. The third kappa shape index (κ3) is 3.22. The van der Waals surface area contributed by atoms with Gasteiger partial charge in [-0.05, 0) is 31.5 Å². The molecule has 0 fully saturated rings. The maximum Gasteiger partial charge on any atom is 0.259 e. The monoisotopic (exact) mass is 299 g/mol. The summed E-state index contributed by atoms with van der Waals surface area (Å²) < 4.78 is 10.6. The number of nitrogens with one attached hydrogen (secondary N) is 1. The lowest BCUT2D eigenvalue weighted by atomic mass is 9.94. The van der Waals surface area contributed by atoms with Gasteiger partial charge in [0.05, 0.1) is 19.8 Å². The number of rotatable bonds is 5. The van der Waals surface area contributed by atoms with Gasteiger partial charge in [-0.1, -0.05) is 36.4 Å². The lowest BCUT2D eigenvalue weighted by Crippen LogP contribution is -2.41. The fourth-order valence-electron chi connectivity index (χ4n) is 2.35. The van der Waals surface area contributed by atoms with Crippen LogP contribution in [0.2, 0.25) is 0 Å². The molecule has 0 aromatic heterocycles. The molecule has 0 bridgehead atoms. The summed E-state index contributed by atoms with van der Waals surface area (Å²) in [5.74, 6) is 0.740. The Kier molecular flexibility index (Phi) is 4.71. The summed E-state index contributed by atoms with van der Waals surface area (Å²) in [5, 5.41) is 3.04. The Morgan fingerprint density at radius 1 is 0.909 bits per heavy atom. The van der Waals surface area contributed by atoms with Crippen LogP contribution in [0.3, 0.4) is 0 Å². The first-order valence-corrected chi connectivity index (χ1v) is 7.08. The molecule has 0 aliphatic heterocycles. The average molecular weight is 299 g/mol. The van der Waals surface area contributed by atoms with E-state index in [9.17, 15) is 4.79 Å². The van der Waals surface area contributed by atoms with Gasteiger partial charge in [0.15, 0.2) is 0 Å². The Morgan fingerprint density at radius 2 is 1.45 bits per heavy atom. The van der Waals surface area contributed by atoms with E-state index < -0.39 is 5.54 Å². The molecule has 0 saturated carbocycles. The van der Waals surface area contributed by atoms with Crippen molar-refractivity contribution >= 4 is 5.91 Å². The summed E-state index contributed by atoms with van der Waals surface area (Å²) in [6.07, 6.45) is 0. The Balaban J connectivity index is 2.33. The molecule has 0 atom stereocenters. The SMILES string of the molecule is COc1cccc(OC)c1C(=O)NC(C)(C)c1ccccc1. The first-order valence-electron chi connectivity index (χ1n) is 7.08. The smallest absolute Gasteiger partial charge is 0.259 e. The molecule has 2 rings (SSSR count). The van der Waals surface area contributed by atoms with Crippen molar-refractivity contribution in [3.63, 3.8) is 0 Å². The van der Waals surface area contributed by atoms with Gasteiger partial charge in [-0.15, -0.1) is 0 Å². The standard InChI is InChI=1S/C18H21NO3/c1-18(2,13-9-6-5-7-10-13)19-17(20)16-14(21-3)11-8-12-15(16)22-4/h5-12H,1-4H3,(H,19,20). The van der Waals surface area contributed by atoms with Crippen molar-refractivity contribution in [3.8, 4) is 11.5 Å². The minimum absolute atomic E-state index is 0.233. The van der Waals surface area contributed by atoms with Crippen LogP contribution in [-0.2, 0) is 5.54 Å². The van der Waals surface area contributed by atoms with E-state index in [4.69, 9.17) is 9.47 Å². The summed E-state index contributed by atoms with van der Waals surface area (Å²) in [7, 11) is 3.07. The fourth-order valence-corrected chi connectivity index (χ4v) is 2.35. The van der Waals surface area contributed by atoms with Crippen LogP contribution < -0.4 is 14.8 Å². The Labute approximate surface area is 131 Å². The normalized spacial score (nSPS) is 10.9. The highest BCUT2D eigenvalue weighted by Crippen LogP contribution is 2.29. The summed E-state index contributed by atoms with van der Waals surface area (Å²) in [6, 6.07) is 15.1. The van der Waals surface area contributed by atoms with Crippen LogP contribution in [-0.4, -0.2) is 20.1 Å². The van der Waals surface area contributed by atoms with E-state index in [-0.39, 0.29) is 5.91 Å². The second kappa shape index (κ2) is 6.52. The molecule has 1 amide bonds. The predicted octanol–water partition coefficient (Wildman–Crippen LogP) is 3.37. The lowest BCUT2D eigenvalue weighted by Gasteiger charge is -2.27. The fraction of sp³-hybridized carbons (Fsp3) is 0.278. The predicted molar refractivity (Wildman–Crippen MR) is 86.5 cm³/mol. The summed E-state index contributed by atoms with van der Waals surface area (Å²) in [5.41, 5.74) is 0.915. The summed E-state index contributed by atoms with van der Waals surface area (Å²) >= 11 is 0. The average Bonchev–Trinajstić information content (AvgIpc) is 2.54. The van der Waals surface area contributed by atoms with E-state index in [0.717, 1.165) is 5.56 Å². The molecule has 1 N–H and O–H groups in total. The molecule has 0 saturated heterocycles. The van der Waals surface area contributed by atoms with Gasteiger partial charge in [-0.3, -0.25) is 4.79 Å². The number of ether oxygens (including phenoxy) is 2.